The fourth-order valence-corrected chi connectivity index (χ4v) is 2.02. The zero-order chi connectivity index (χ0) is 12.3. The van der Waals surface area contributed by atoms with E-state index in [1.165, 1.54) is 19.2 Å². The Labute approximate surface area is 102 Å². The highest BCUT2D eigenvalue weighted by Gasteiger charge is 2.14. The highest BCUT2D eigenvalue weighted by molar-refractivity contribution is 9.10. The molecular formula is C9H10BrNO4S. The molecule has 1 aromatic rings. The van der Waals surface area contributed by atoms with Gasteiger partial charge in [-0.15, -0.1) is 0 Å². The van der Waals surface area contributed by atoms with E-state index in [4.69, 9.17) is 0 Å². The molecular weight excluding hydrogens is 298 g/mol. The molecule has 0 spiro atoms. The van der Waals surface area contributed by atoms with Crippen LogP contribution in [0.1, 0.15) is 10.4 Å². The maximum Gasteiger partial charge on any atom is 0.339 e. The molecule has 0 radical (unpaired) electrons. The Morgan fingerprint density at radius 2 is 2.06 bits per heavy atom. The van der Waals surface area contributed by atoms with Gasteiger partial charge in [-0.25, -0.2) is 13.2 Å². The molecule has 0 bridgehead atoms. The lowest BCUT2D eigenvalue weighted by molar-refractivity contribution is 0.0602. The van der Waals surface area contributed by atoms with Gasteiger partial charge in [0.2, 0.25) is 10.0 Å². The zero-order valence-electron chi connectivity index (χ0n) is 8.65. The third-order valence-electron chi connectivity index (χ3n) is 1.68. The molecule has 0 amide bonds. The minimum atomic E-state index is -3.44. The van der Waals surface area contributed by atoms with E-state index >= 15 is 0 Å². The van der Waals surface area contributed by atoms with E-state index in [1.807, 2.05) is 0 Å². The summed E-state index contributed by atoms with van der Waals surface area (Å²) < 4.78 is 29.6. The van der Waals surface area contributed by atoms with E-state index in [1.54, 1.807) is 6.07 Å². The molecule has 0 aliphatic carbocycles. The number of sulfonamides is 1. The molecule has 1 aromatic carbocycles. The lowest BCUT2D eigenvalue weighted by Crippen LogP contribution is -2.14. The van der Waals surface area contributed by atoms with Crippen molar-refractivity contribution >= 4 is 37.6 Å². The van der Waals surface area contributed by atoms with Crippen molar-refractivity contribution in [2.45, 2.75) is 0 Å². The predicted molar refractivity (Wildman–Crippen MR) is 63.9 cm³/mol. The molecule has 0 aromatic heterocycles. The minimum Gasteiger partial charge on any atom is -0.465 e. The number of halogens is 1. The van der Waals surface area contributed by atoms with Gasteiger partial charge >= 0.3 is 5.97 Å². The van der Waals surface area contributed by atoms with Gasteiger partial charge in [0.25, 0.3) is 0 Å². The molecule has 0 aliphatic heterocycles. The fourth-order valence-electron chi connectivity index (χ4n) is 1.09. The van der Waals surface area contributed by atoms with Gasteiger partial charge in [0.05, 0.1) is 24.6 Å². The van der Waals surface area contributed by atoms with Crippen molar-refractivity contribution in [1.82, 2.24) is 0 Å². The lowest BCUT2D eigenvalue weighted by Gasteiger charge is -2.09. The van der Waals surface area contributed by atoms with E-state index in [-0.39, 0.29) is 11.3 Å². The molecule has 88 valence electrons. The number of anilines is 1. The number of carbonyl (C=O) groups excluding carboxylic acids is 1. The molecule has 16 heavy (non-hydrogen) atoms. The highest BCUT2D eigenvalue weighted by Crippen LogP contribution is 2.22. The summed E-state index contributed by atoms with van der Waals surface area (Å²) in [5, 5.41) is 0. The Kier molecular flexibility index (Phi) is 3.93. The summed E-state index contributed by atoms with van der Waals surface area (Å²) in [6, 6.07) is 4.59. The van der Waals surface area contributed by atoms with Crippen molar-refractivity contribution in [2.75, 3.05) is 18.1 Å². The summed E-state index contributed by atoms with van der Waals surface area (Å²) in [5.41, 5.74) is 0.347. The molecule has 5 nitrogen and oxygen atoms in total. The summed E-state index contributed by atoms with van der Waals surface area (Å²) in [6.07, 6.45) is 1.01. The van der Waals surface area contributed by atoms with Gasteiger partial charge < -0.3 is 4.74 Å². The SMILES string of the molecule is COC(=O)c1ccc(Br)cc1NS(C)(=O)=O. The summed E-state index contributed by atoms with van der Waals surface area (Å²) in [4.78, 5) is 11.4. The van der Waals surface area contributed by atoms with Crippen LogP contribution in [-0.4, -0.2) is 27.8 Å². The maximum absolute atomic E-state index is 11.4. The number of nitrogens with one attached hydrogen (secondary N) is 1. The van der Waals surface area contributed by atoms with Crippen LogP contribution in [0.15, 0.2) is 22.7 Å². The third kappa shape index (κ3) is 3.49. The normalized spacial score (nSPS) is 10.9. The molecule has 0 fully saturated rings. The average molecular weight is 308 g/mol. The molecule has 0 heterocycles. The van der Waals surface area contributed by atoms with Crippen LogP contribution >= 0.6 is 15.9 Å². The van der Waals surface area contributed by atoms with Crippen LogP contribution < -0.4 is 4.72 Å². The minimum absolute atomic E-state index is 0.163. The van der Waals surface area contributed by atoms with Gasteiger partial charge in [0.15, 0.2) is 0 Å². The lowest BCUT2D eigenvalue weighted by atomic mass is 10.2. The summed E-state index contributed by atoms with van der Waals surface area (Å²) in [5.74, 6) is -0.598. The molecule has 1 N–H and O–H groups in total. The quantitative estimate of drug-likeness (QED) is 0.861. The maximum atomic E-state index is 11.4. The van der Waals surface area contributed by atoms with Gasteiger partial charge in [-0.3, -0.25) is 4.72 Å². The number of ether oxygens (including phenoxy) is 1. The summed E-state index contributed by atoms with van der Waals surface area (Å²) in [6.45, 7) is 0. The summed E-state index contributed by atoms with van der Waals surface area (Å²) >= 11 is 3.19. The van der Waals surface area contributed by atoms with E-state index in [9.17, 15) is 13.2 Å². The van der Waals surface area contributed by atoms with Gasteiger partial charge in [-0.2, -0.15) is 0 Å². The monoisotopic (exact) mass is 307 g/mol. The molecule has 0 unspecified atom stereocenters. The first kappa shape index (κ1) is 13.0. The first-order valence-corrected chi connectivity index (χ1v) is 6.87. The molecule has 0 saturated heterocycles. The van der Waals surface area contributed by atoms with Crippen molar-refractivity contribution < 1.29 is 17.9 Å². The number of benzene rings is 1. The Morgan fingerprint density at radius 3 is 2.56 bits per heavy atom. The number of carbonyl (C=O) groups is 1. The highest BCUT2D eigenvalue weighted by atomic mass is 79.9. The van der Waals surface area contributed by atoms with Crippen LogP contribution in [0.3, 0.4) is 0 Å². The van der Waals surface area contributed by atoms with Crippen molar-refractivity contribution in [3.63, 3.8) is 0 Å². The van der Waals surface area contributed by atoms with Crippen molar-refractivity contribution in [1.29, 1.82) is 0 Å². The van der Waals surface area contributed by atoms with Gasteiger partial charge in [0, 0.05) is 4.47 Å². The van der Waals surface area contributed by atoms with Crippen molar-refractivity contribution in [3.05, 3.63) is 28.2 Å². The second kappa shape index (κ2) is 4.84. The second-order valence-electron chi connectivity index (χ2n) is 3.06. The Bertz CT molecular complexity index is 512. The fraction of sp³-hybridized carbons (Fsp3) is 0.222. The molecule has 0 atom stereocenters. The smallest absolute Gasteiger partial charge is 0.339 e. The number of methoxy groups -OCH3 is 1. The second-order valence-corrected chi connectivity index (χ2v) is 5.72. The van der Waals surface area contributed by atoms with E-state index in [0.29, 0.717) is 4.47 Å². The largest absolute Gasteiger partial charge is 0.465 e. The van der Waals surface area contributed by atoms with Crippen LogP contribution in [-0.2, 0) is 14.8 Å². The first-order chi connectivity index (χ1) is 7.33. The Balaban J connectivity index is 3.23. The van der Waals surface area contributed by atoms with Crippen LogP contribution in [0.2, 0.25) is 0 Å². The standard InChI is InChI=1S/C9H10BrNO4S/c1-15-9(12)7-4-3-6(10)5-8(7)11-16(2,13)14/h3-5,11H,1-2H3. The number of hydrogen-bond acceptors (Lipinski definition) is 4. The van der Waals surface area contributed by atoms with E-state index in [0.717, 1.165) is 6.26 Å². The van der Waals surface area contributed by atoms with Gasteiger partial charge in [-0.05, 0) is 18.2 Å². The van der Waals surface area contributed by atoms with Crippen LogP contribution in [0, 0.1) is 0 Å². The summed E-state index contributed by atoms with van der Waals surface area (Å²) in [7, 11) is -2.21. The van der Waals surface area contributed by atoms with E-state index < -0.39 is 16.0 Å². The third-order valence-corrected chi connectivity index (χ3v) is 2.77. The van der Waals surface area contributed by atoms with Crippen LogP contribution in [0.5, 0.6) is 0 Å². The van der Waals surface area contributed by atoms with Crippen LogP contribution in [0.4, 0.5) is 5.69 Å². The number of hydrogen-bond donors (Lipinski definition) is 1. The molecule has 0 saturated carbocycles. The van der Waals surface area contributed by atoms with Crippen LogP contribution in [0.25, 0.3) is 0 Å². The average Bonchev–Trinajstić information content (AvgIpc) is 2.14. The van der Waals surface area contributed by atoms with E-state index in [2.05, 4.69) is 25.4 Å². The molecule has 7 heteroatoms. The first-order valence-electron chi connectivity index (χ1n) is 4.19. The number of rotatable bonds is 3. The topological polar surface area (TPSA) is 72.5 Å². The van der Waals surface area contributed by atoms with Crippen molar-refractivity contribution in [3.8, 4) is 0 Å². The predicted octanol–water partition coefficient (Wildman–Crippen LogP) is 1.61. The van der Waals surface area contributed by atoms with Crippen molar-refractivity contribution in [2.24, 2.45) is 0 Å². The molecule has 1 rings (SSSR count). The van der Waals surface area contributed by atoms with Gasteiger partial charge in [0.1, 0.15) is 0 Å². The zero-order valence-corrected chi connectivity index (χ0v) is 11.1. The Hall–Kier alpha value is -1.08. The number of esters is 1. The van der Waals surface area contributed by atoms with Gasteiger partial charge in [-0.1, -0.05) is 15.9 Å². The molecule has 0 aliphatic rings. The Morgan fingerprint density at radius 1 is 1.44 bits per heavy atom.